The molecule has 0 bridgehead atoms. The van der Waals surface area contributed by atoms with Crippen molar-refractivity contribution in [2.45, 2.75) is 12.5 Å². The van der Waals surface area contributed by atoms with E-state index < -0.39 is 6.04 Å². The van der Waals surface area contributed by atoms with Crippen LogP contribution in [0.5, 0.6) is 0 Å². The Morgan fingerprint density at radius 1 is 0.872 bits per heavy atom. The van der Waals surface area contributed by atoms with Crippen molar-refractivity contribution in [2.75, 3.05) is 0 Å². The summed E-state index contributed by atoms with van der Waals surface area (Å²) in [6.07, 6.45) is 0.361. The Morgan fingerprint density at radius 3 is 2.31 bits per heavy atom. The molecule has 0 radical (unpaired) electrons. The number of aromatic nitrogens is 1. The van der Waals surface area contributed by atoms with Gasteiger partial charge in [0.2, 0.25) is 0 Å². The van der Waals surface area contributed by atoms with E-state index in [1.807, 2.05) is 72.8 Å². The van der Waals surface area contributed by atoms with Crippen LogP contribution >= 0.6 is 43.5 Å². The number of aromatic amines is 1. The predicted octanol–water partition coefficient (Wildman–Crippen LogP) is 8.37. The van der Waals surface area contributed by atoms with E-state index in [0.29, 0.717) is 28.3 Å². The van der Waals surface area contributed by atoms with Crippen molar-refractivity contribution in [3.8, 4) is 11.1 Å². The van der Waals surface area contributed by atoms with Crippen LogP contribution in [0.3, 0.4) is 0 Å². The summed E-state index contributed by atoms with van der Waals surface area (Å²) < 4.78 is 1.82. The van der Waals surface area contributed by atoms with E-state index in [1.54, 1.807) is 24.3 Å². The minimum atomic E-state index is -0.418. The van der Waals surface area contributed by atoms with E-state index in [0.717, 1.165) is 36.5 Å². The zero-order valence-electron chi connectivity index (χ0n) is 20.4. The molecular formula is C31H20Br2ClN3O2. The summed E-state index contributed by atoms with van der Waals surface area (Å²) in [5.41, 5.74) is 4.36. The number of pyridine rings is 1. The van der Waals surface area contributed by atoms with Crippen molar-refractivity contribution in [3.05, 3.63) is 138 Å². The fourth-order valence-corrected chi connectivity index (χ4v) is 5.84. The van der Waals surface area contributed by atoms with E-state index in [9.17, 15) is 9.59 Å². The molecule has 39 heavy (non-hydrogen) atoms. The lowest BCUT2D eigenvalue weighted by Crippen LogP contribution is -2.27. The van der Waals surface area contributed by atoms with Gasteiger partial charge in [0.1, 0.15) is 0 Å². The average Bonchev–Trinajstić information content (AvgIpc) is 3.38. The fourth-order valence-electron chi connectivity index (χ4n) is 5.00. The Hall–Kier alpha value is -3.52. The molecule has 6 rings (SSSR count). The van der Waals surface area contributed by atoms with Crippen molar-refractivity contribution >= 4 is 66.0 Å². The lowest BCUT2D eigenvalue weighted by atomic mass is 9.91. The Morgan fingerprint density at radius 2 is 1.56 bits per heavy atom. The highest BCUT2D eigenvalue weighted by atomic mass is 79.9. The molecule has 8 heteroatoms. The number of amides is 1. The number of fused-ring (bicyclic) bond motifs is 1. The van der Waals surface area contributed by atoms with Crippen LogP contribution in [-0.2, 0) is 0 Å². The number of carbonyl (C=O) groups is 1. The van der Waals surface area contributed by atoms with Gasteiger partial charge in [-0.25, -0.2) is 5.01 Å². The third-order valence-corrected chi connectivity index (χ3v) is 8.16. The Balaban J connectivity index is 1.58. The maximum absolute atomic E-state index is 13.8. The molecule has 192 valence electrons. The van der Waals surface area contributed by atoms with Gasteiger partial charge in [-0.1, -0.05) is 98.1 Å². The van der Waals surface area contributed by atoms with E-state index in [-0.39, 0.29) is 11.5 Å². The molecule has 1 aliphatic heterocycles. The van der Waals surface area contributed by atoms with E-state index in [1.165, 1.54) is 5.01 Å². The highest BCUT2D eigenvalue weighted by molar-refractivity contribution is 9.10. The van der Waals surface area contributed by atoms with Gasteiger partial charge >= 0.3 is 0 Å². The van der Waals surface area contributed by atoms with Crippen LogP contribution in [0.1, 0.15) is 33.9 Å². The zero-order valence-corrected chi connectivity index (χ0v) is 24.3. The van der Waals surface area contributed by atoms with E-state index >= 15 is 0 Å². The molecule has 2 heterocycles. The fraction of sp³-hybridized carbons (Fsp3) is 0.0645. The lowest BCUT2D eigenvalue weighted by molar-refractivity contribution is 0.0711. The van der Waals surface area contributed by atoms with Crippen molar-refractivity contribution in [2.24, 2.45) is 5.10 Å². The summed E-state index contributed by atoms with van der Waals surface area (Å²) in [5, 5.41) is 7.51. The highest BCUT2D eigenvalue weighted by Gasteiger charge is 2.36. The monoisotopic (exact) mass is 659 g/mol. The molecule has 1 N–H and O–H groups in total. The van der Waals surface area contributed by atoms with Crippen LogP contribution in [0.25, 0.3) is 22.0 Å². The van der Waals surface area contributed by atoms with Crippen LogP contribution in [-0.4, -0.2) is 21.6 Å². The molecule has 1 aliphatic rings. The van der Waals surface area contributed by atoms with Gasteiger partial charge in [0.15, 0.2) is 0 Å². The molecule has 0 saturated carbocycles. The number of carbonyl (C=O) groups excluding carboxylic acids is 1. The second-order valence-corrected chi connectivity index (χ2v) is 11.4. The Labute approximate surface area is 246 Å². The molecule has 1 amide bonds. The zero-order chi connectivity index (χ0) is 27.1. The molecule has 0 spiro atoms. The van der Waals surface area contributed by atoms with Crippen molar-refractivity contribution < 1.29 is 4.79 Å². The highest BCUT2D eigenvalue weighted by Crippen LogP contribution is 2.38. The van der Waals surface area contributed by atoms with Crippen LogP contribution in [0.4, 0.5) is 0 Å². The molecule has 0 saturated heterocycles. The van der Waals surface area contributed by atoms with Gasteiger partial charge in [-0.15, -0.1) is 0 Å². The van der Waals surface area contributed by atoms with Gasteiger partial charge in [0.25, 0.3) is 11.5 Å². The van der Waals surface area contributed by atoms with Crippen molar-refractivity contribution in [3.63, 3.8) is 0 Å². The number of rotatable bonds is 4. The van der Waals surface area contributed by atoms with Crippen LogP contribution < -0.4 is 5.56 Å². The SMILES string of the molecule is O=C(c1ccccc1Cl)N1N=C(c2c(-c3ccccc3)c3cc(Br)ccc3[nH]c2=O)C[C@@H]1c1ccc(Br)cc1. The maximum Gasteiger partial charge on any atom is 0.276 e. The molecule has 5 nitrogen and oxygen atoms in total. The number of benzene rings is 4. The second kappa shape index (κ2) is 10.6. The Kier molecular flexibility index (Phi) is 6.97. The van der Waals surface area contributed by atoms with Gasteiger partial charge < -0.3 is 4.98 Å². The molecular weight excluding hydrogens is 642 g/mol. The number of hydrazone groups is 1. The number of halogens is 3. The predicted molar refractivity (Wildman–Crippen MR) is 163 cm³/mol. The molecule has 0 fully saturated rings. The van der Waals surface area contributed by atoms with Crippen LogP contribution in [0, 0.1) is 0 Å². The first-order chi connectivity index (χ1) is 18.9. The molecule has 0 aliphatic carbocycles. The minimum Gasteiger partial charge on any atom is -0.321 e. The number of H-pyrrole nitrogens is 1. The van der Waals surface area contributed by atoms with Gasteiger partial charge in [0.05, 0.1) is 27.9 Å². The van der Waals surface area contributed by atoms with Gasteiger partial charge in [-0.3, -0.25) is 9.59 Å². The lowest BCUT2D eigenvalue weighted by Gasteiger charge is -2.22. The first kappa shape index (κ1) is 25.7. The summed E-state index contributed by atoms with van der Waals surface area (Å²) in [7, 11) is 0. The molecule has 5 aromatic rings. The number of nitrogens with zero attached hydrogens (tertiary/aromatic N) is 2. The number of hydrogen-bond donors (Lipinski definition) is 1. The largest absolute Gasteiger partial charge is 0.321 e. The quantitative estimate of drug-likeness (QED) is 0.210. The molecule has 1 atom stereocenters. The standard InChI is InChI=1S/C31H20Br2ClN3O2/c32-20-12-10-18(11-13-20)27-17-26(36-37(27)31(39)22-8-4-5-9-24(22)34)29-28(19-6-2-1-3-7-19)23-16-21(33)14-15-25(23)35-30(29)38/h1-16,27H,17H2,(H,35,38)/t27-/m1/s1. The van der Waals surface area contributed by atoms with Crippen molar-refractivity contribution in [1.29, 1.82) is 0 Å². The summed E-state index contributed by atoms with van der Waals surface area (Å²) in [4.78, 5) is 30.6. The topological polar surface area (TPSA) is 65.5 Å². The maximum atomic E-state index is 13.8. The smallest absolute Gasteiger partial charge is 0.276 e. The average molecular weight is 662 g/mol. The second-order valence-electron chi connectivity index (χ2n) is 9.21. The molecule has 1 aromatic heterocycles. The number of nitrogens with one attached hydrogen (secondary N) is 1. The third-order valence-electron chi connectivity index (χ3n) is 6.80. The van der Waals surface area contributed by atoms with E-state index in [2.05, 4.69) is 36.8 Å². The molecule has 4 aromatic carbocycles. The third kappa shape index (κ3) is 4.86. The van der Waals surface area contributed by atoms with Gasteiger partial charge in [-0.2, -0.15) is 5.10 Å². The Bertz CT molecular complexity index is 1820. The van der Waals surface area contributed by atoms with Crippen molar-refractivity contribution in [1.82, 2.24) is 9.99 Å². The summed E-state index contributed by atoms with van der Waals surface area (Å²) in [5.74, 6) is -0.329. The van der Waals surface area contributed by atoms with Gasteiger partial charge in [0, 0.05) is 31.8 Å². The first-order valence-corrected chi connectivity index (χ1v) is 14.2. The summed E-state index contributed by atoms with van der Waals surface area (Å²) in [6, 6.07) is 29.8. The first-order valence-electron chi connectivity index (χ1n) is 12.2. The van der Waals surface area contributed by atoms with E-state index in [4.69, 9.17) is 16.7 Å². The normalized spacial score (nSPS) is 15.0. The summed E-state index contributed by atoms with van der Waals surface area (Å²) >= 11 is 13.5. The minimum absolute atomic E-state index is 0.260. The molecule has 0 unspecified atom stereocenters. The van der Waals surface area contributed by atoms with Crippen LogP contribution in [0.2, 0.25) is 5.02 Å². The van der Waals surface area contributed by atoms with Gasteiger partial charge in [-0.05, 0) is 53.6 Å². The number of hydrogen-bond acceptors (Lipinski definition) is 3. The summed E-state index contributed by atoms with van der Waals surface area (Å²) in [6.45, 7) is 0. The van der Waals surface area contributed by atoms with Crippen LogP contribution in [0.15, 0.2) is 116 Å².